The van der Waals surface area contributed by atoms with Gasteiger partial charge in [-0.3, -0.25) is 4.79 Å². The number of urea groups is 1. The number of hydrogen-bond donors (Lipinski definition) is 3. The fourth-order valence-electron chi connectivity index (χ4n) is 1.42. The van der Waals surface area contributed by atoms with Gasteiger partial charge in [0.1, 0.15) is 17.7 Å². The van der Waals surface area contributed by atoms with E-state index in [1.807, 2.05) is 6.92 Å². The van der Waals surface area contributed by atoms with E-state index in [1.54, 1.807) is 0 Å². The summed E-state index contributed by atoms with van der Waals surface area (Å²) in [6.07, 6.45) is 0.777. The molecule has 1 unspecified atom stereocenters. The summed E-state index contributed by atoms with van der Waals surface area (Å²) in [6, 6.07) is 1.14. The molecule has 1 rings (SSSR count). The first-order valence-corrected chi connectivity index (χ1v) is 6.24. The summed E-state index contributed by atoms with van der Waals surface area (Å²) in [5, 5.41) is 7.09. The minimum Gasteiger partial charge on any atom is -0.354 e. The van der Waals surface area contributed by atoms with Gasteiger partial charge in [0.2, 0.25) is 5.91 Å². The van der Waals surface area contributed by atoms with Crippen molar-refractivity contribution in [3.8, 4) is 0 Å². The van der Waals surface area contributed by atoms with E-state index in [4.69, 9.17) is 0 Å². The molecule has 3 amide bonds. The quantitative estimate of drug-likeness (QED) is 0.774. The molecule has 1 atom stereocenters. The van der Waals surface area contributed by atoms with Crippen molar-refractivity contribution in [1.82, 2.24) is 10.6 Å². The number of rotatable bonds is 5. The molecule has 0 aliphatic carbocycles. The standard InChI is InChI=1S/C13H17F2N3O2/c1-3-6-16-12(19)8(2)17-13(20)18-11-7-9(14)4-5-10(11)15/h4-5,7-8H,3,6H2,1-2H3,(H,16,19)(H2,17,18,20). The van der Waals surface area contributed by atoms with Gasteiger partial charge in [0, 0.05) is 12.6 Å². The largest absolute Gasteiger partial charge is 0.354 e. The predicted octanol–water partition coefficient (Wildman–Crippen LogP) is 2.00. The summed E-state index contributed by atoms with van der Waals surface area (Å²) in [5.74, 6) is -1.78. The van der Waals surface area contributed by atoms with Gasteiger partial charge in [0.25, 0.3) is 0 Å². The minimum atomic E-state index is -0.784. The minimum absolute atomic E-state index is 0.288. The van der Waals surface area contributed by atoms with Crippen molar-refractivity contribution in [3.63, 3.8) is 0 Å². The monoisotopic (exact) mass is 285 g/mol. The van der Waals surface area contributed by atoms with Crippen LogP contribution in [0.25, 0.3) is 0 Å². The number of anilines is 1. The number of hydrogen-bond acceptors (Lipinski definition) is 2. The SMILES string of the molecule is CCCNC(=O)C(C)NC(=O)Nc1cc(F)ccc1F. The van der Waals surface area contributed by atoms with E-state index in [-0.39, 0.29) is 11.6 Å². The van der Waals surface area contributed by atoms with Crippen LogP contribution in [0.3, 0.4) is 0 Å². The van der Waals surface area contributed by atoms with Crippen LogP contribution in [0.5, 0.6) is 0 Å². The number of amides is 3. The number of nitrogens with one attached hydrogen (secondary N) is 3. The van der Waals surface area contributed by atoms with Crippen LogP contribution in [0.15, 0.2) is 18.2 Å². The van der Waals surface area contributed by atoms with E-state index in [1.165, 1.54) is 6.92 Å². The van der Waals surface area contributed by atoms with Gasteiger partial charge in [-0.2, -0.15) is 0 Å². The van der Waals surface area contributed by atoms with Crippen molar-refractivity contribution in [1.29, 1.82) is 0 Å². The van der Waals surface area contributed by atoms with Crippen molar-refractivity contribution in [3.05, 3.63) is 29.8 Å². The van der Waals surface area contributed by atoms with Crippen LogP contribution in [-0.2, 0) is 4.79 Å². The van der Waals surface area contributed by atoms with E-state index in [2.05, 4.69) is 16.0 Å². The van der Waals surface area contributed by atoms with Gasteiger partial charge in [0.15, 0.2) is 0 Å². The Morgan fingerprint density at radius 1 is 1.30 bits per heavy atom. The van der Waals surface area contributed by atoms with Crippen molar-refractivity contribution in [2.24, 2.45) is 0 Å². The third-order valence-corrected chi connectivity index (χ3v) is 2.47. The smallest absolute Gasteiger partial charge is 0.319 e. The zero-order valence-electron chi connectivity index (χ0n) is 11.3. The summed E-state index contributed by atoms with van der Waals surface area (Å²) < 4.78 is 26.2. The lowest BCUT2D eigenvalue weighted by Crippen LogP contribution is -2.46. The van der Waals surface area contributed by atoms with Gasteiger partial charge < -0.3 is 16.0 Å². The zero-order chi connectivity index (χ0) is 15.1. The van der Waals surface area contributed by atoms with Crippen molar-refractivity contribution < 1.29 is 18.4 Å². The fourth-order valence-corrected chi connectivity index (χ4v) is 1.42. The molecule has 7 heteroatoms. The Morgan fingerprint density at radius 2 is 2.00 bits per heavy atom. The average molecular weight is 285 g/mol. The van der Waals surface area contributed by atoms with E-state index in [9.17, 15) is 18.4 Å². The van der Waals surface area contributed by atoms with E-state index >= 15 is 0 Å². The lowest BCUT2D eigenvalue weighted by atomic mass is 10.3. The summed E-state index contributed by atoms with van der Waals surface area (Å²) in [4.78, 5) is 23.1. The predicted molar refractivity (Wildman–Crippen MR) is 71.3 cm³/mol. The van der Waals surface area contributed by atoms with Crippen molar-refractivity contribution in [2.45, 2.75) is 26.3 Å². The molecule has 0 radical (unpaired) electrons. The van der Waals surface area contributed by atoms with Gasteiger partial charge in [-0.15, -0.1) is 0 Å². The number of benzene rings is 1. The molecule has 1 aromatic rings. The molecule has 0 fully saturated rings. The molecule has 5 nitrogen and oxygen atoms in total. The third-order valence-electron chi connectivity index (χ3n) is 2.47. The lowest BCUT2D eigenvalue weighted by molar-refractivity contribution is -0.122. The molecule has 20 heavy (non-hydrogen) atoms. The zero-order valence-corrected chi connectivity index (χ0v) is 11.3. The molecule has 1 aromatic carbocycles. The summed E-state index contributed by atoms with van der Waals surface area (Å²) in [7, 11) is 0. The highest BCUT2D eigenvalue weighted by Gasteiger charge is 2.15. The molecule has 0 aliphatic rings. The van der Waals surface area contributed by atoms with Gasteiger partial charge >= 0.3 is 6.03 Å². The van der Waals surface area contributed by atoms with Crippen LogP contribution in [0, 0.1) is 11.6 Å². The highest BCUT2D eigenvalue weighted by Crippen LogP contribution is 2.14. The number of halogens is 2. The third kappa shape index (κ3) is 4.83. The summed E-state index contributed by atoms with van der Waals surface area (Å²) >= 11 is 0. The Bertz CT molecular complexity index is 495. The normalized spacial score (nSPS) is 11.6. The molecule has 0 aromatic heterocycles. The van der Waals surface area contributed by atoms with Crippen LogP contribution in [0.4, 0.5) is 19.3 Å². The highest BCUT2D eigenvalue weighted by molar-refractivity contribution is 5.93. The molecule has 110 valence electrons. The van der Waals surface area contributed by atoms with Crippen LogP contribution in [0.1, 0.15) is 20.3 Å². The van der Waals surface area contributed by atoms with E-state index in [0.29, 0.717) is 6.54 Å². The number of carbonyl (C=O) groups is 2. The maximum Gasteiger partial charge on any atom is 0.319 e. The topological polar surface area (TPSA) is 70.2 Å². The first-order chi connectivity index (χ1) is 9.43. The van der Waals surface area contributed by atoms with Crippen LogP contribution in [-0.4, -0.2) is 24.5 Å². The summed E-state index contributed by atoms with van der Waals surface area (Å²) in [5.41, 5.74) is -0.288. The maximum absolute atomic E-state index is 13.3. The van der Waals surface area contributed by atoms with Crippen molar-refractivity contribution in [2.75, 3.05) is 11.9 Å². The first-order valence-electron chi connectivity index (χ1n) is 6.24. The molecule has 0 spiro atoms. The Balaban J connectivity index is 2.55. The maximum atomic E-state index is 13.3. The van der Waals surface area contributed by atoms with Gasteiger partial charge in [-0.1, -0.05) is 6.92 Å². The molecule has 3 N–H and O–H groups in total. The van der Waals surface area contributed by atoms with Crippen molar-refractivity contribution >= 4 is 17.6 Å². The fraction of sp³-hybridized carbons (Fsp3) is 0.385. The van der Waals surface area contributed by atoms with Gasteiger partial charge in [-0.05, 0) is 25.5 Å². The van der Waals surface area contributed by atoms with Crippen LogP contribution in [0.2, 0.25) is 0 Å². The second-order valence-electron chi connectivity index (χ2n) is 4.24. The Kier molecular flexibility index (Phi) is 5.89. The van der Waals surface area contributed by atoms with Gasteiger partial charge in [0.05, 0.1) is 5.69 Å². The van der Waals surface area contributed by atoms with Crippen LogP contribution >= 0.6 is 0 Å². The summed E-state index contributed by atoms with van der Waals surface area (Å²) in [6.45, 7) is 3.90. The molecular formula is C13H17F2N3O2. The molecule has 0 bridgehead atoms. The molecule has 0 saturated heterocycles. The average Bonchev–Trinajstić information content (AvgIpc) is 2.40. The second-order valence-corrected chi connectivity index (χ2v) is 4.24. The van der Waals surface area contributed by atoms with E-state index < -0.39 is 23.7 Å². The molecule has 0 saturated carbocycles. The Labute approximate surface area is 115 Å². The molecular weight excluding hydrogens is 268 g/mol. The Morgan fingerprint density at radius 3 is 2.65 bits per heavy atom. The molecule has 0 heterocycles. The molecule has 0 aliphatic heterocycles. The van der Waals surface area contributed by atoms with Crippen LogP contribution < -0.4 is 16.0 Å². The first kappa shape index (κ1) is 15.9. The van der Waals surface area contributed by atoms with Gasteiger partial charge in [-0.25, -0.2) is 13.6 Å². The highest BCUT2D eigenvalue weighted by atomic mass is 19.1. The van der Waals surface area contributed by atoms with E-state index in [0.717, 1.165) is 24.6 Å². The Hall–Kier alpha value is -2.18. The number of carbonyl (C=O) groups excluding carboxylic acids is 2. The second kappa shape index (κ2) is 7.42. The lowest BCUT2D eigenvalue weighted by Gasteiger charge is -2.14.